The first-order chi connectivity index (χ1) is 13.8. The predicted octanol–water partition coefficient (Wildman–Crippen LogP) is 2.94. The minimum Gasteiger partial charge on any atom is -0.398 e. The zero-order chi connectivity index (χ0) is 21.1. The molecule has 1 atom stereocenters. The molecule has 2 heterocycles. The van der Waals surface area contributed by atoms with Gasteiger partial charge in [-0.2, -0.15) is 10.1 Å². The summed E-state index contributed by atoms with van der Waals surface area (Å²) in [7, 11) is 0. The fourth-order valence-electron chi connectivity index (χ4n) is 3.28. The topological polar surface area (TPSA) is 117 Å². The second-order valence-electron chi connectivity index (χ2n) is 7.96. The van der Waals surface area contributed by atoms with E-state index in [9.17, 15) is 5.11 Å². The molecule has 0 aliphatic carbocycles. The van der Waals surface area contributed by atoms with Gasteiger partial charge in [0.05, 0.1) is 23.9 Å². The van der Waals surface area contributed by atoms with Gasteiger partial charge in [-0.25, -0.2) is 4.99 Å². The first-order valence-electron chi connectivity index (χ1n) is 10.1. The third kappa shape index (κ3) is 4.42. The molecule has 0 aliphatic heterocycles. The SMILES string of the molecule is CC(O)CN=c1nc(NCc2ccccc2N)c2n[nH]c(C(C)C)c2n1C(C)C. The van der Waals surface area contributed by atoms with Crippen molar-refractivity contribution in [3.63, 3.8) is 0 Å². The monoisotopic (exact) mass is 397 g/mol. The van der Waals surface area contributed by atoms with E-state index in [2.05, 4.69) is 52.8 Å². The average Bonchev–Trinajstić information content (AvgIpc) is 3.10. The summed E-state index contributed by atoms with van der Waals surface area (Å²) < 4.78 is 2.08. The molecule has 1 aromatic carbocycles. The smallest absolute Gasteiger partial charge is 0.227 e. The highest BCUT2D eigenvalue weighted by atomic mass is 16.3. The maximum absolute atomic E-state index is 9.73. The second-order valence-corrected chi connectivity index (χ2v) is 7.96. The van der Waals surface area contributed by atoms with Crippen LogP contribution in [0.4, 0.5) is 11.5 Å². The number of fused-ring (bicyclic) bond motifs is 1. The number of aliphatic hydroxyl groups excluding tert-OH is 1. The third-order valence-corrected chi connectivity index (χ3v) is 4.75. The van der Waals surface area contributed by atoms with Crippen molar-refractivity contribution >= 4 is 22.5 Å². The van der Waals surface area contributed by atoms with Gasteiger partial charge >= 0.3 is 0 Å². The Labute approximate surface area is 170 Å². The van der Waals surface area contributed by atoms with Crippen LogP contribution in [0.15, 0.2) is 29.3 Å². The van der Waals surface area contributed by atoms with Crippen molar-refractivity contribution in [1.82, 2.24) is 19.7 Å². The van der Waals surface area contributed by atoms with Gasteiger partial charge < -0.3 is 20.7 Å². The number of nitrogens with zero attached hydrogens (tertiary/aromatic N) is 4. The summed E-state index contributed by atoms with van der Waals surface area (Å²) in [5, 5.41) is 20.9. The molecule has 0 amide bonds. The average molecular weight is 398 g/mol. The predicted molar refractivity (Wildman–Crippen MR) is 117 cm³/mol. The van der Waals surface area contributed by atoms with Crippen molar-refractivity contribution in [3.8, 4) is 0 Å². The molecular formula is C21H31N7O. The molecule has 2 aromatic heterocycles. The minimum absolute atomic E-state index is 0.131. The zero-order valence-electron chi connectivity index (χ0n) is 17.8. The van der Waals surface area contributed by atoms with Gasteiger partial charge in [-0.05, 0) is 38.3 Å². The summed E-state index contributed by atoms with van der Waals surface area (Å²) in [5.41, 5.74) is 11.2. The van der Waals surface area contributed by atoms with Crippen molar-refractivity contribution in [1.29, 1.82) is 0 Å². The minimum atomic E-state index is -0.539. The van der Waals surface area contributed by atoms with Crippen LogP contribution in [0.5, 0.6) is 0 Å². The van der Waals surface area contributed by atoms with Crippen molar-refractivity contribution in [2.75, 3.05) is 17.6 Å². The van der Waals surface area contributed by atoms with E-state index in [0.717, 1.165) is 28.0 Å². The maximum atomic E-state index is 9.73. The Bertz CT molecular complexity index is 1050. The molecule has 0 saturated carbocycles. The van der Waals surface area contributed by atoms with Gasteiger partial charge in [-0.1, -0.05) is 32.0 Å². The summed E-state index contributed by atoms with van der Waals surface area (Å²) in [6, 6.07) is 7.88. The molecule has 0 spiro atoms. The zero-order valence-corrected chi connectivity index (χ0v) is 17.8. The van der Waals surface area contributed by atoms with Crippen LogP contribution in [0.25, 0.3) is 11.0 Å². The van der Waals surface area contributed by atoms with Crippen LogP contribution in [-0.2, 0) is 6.54 Å². The van der Waals surface area contributed by atoms with Gasteiger partial charge in [-0.3, -0.25) is 5.10 Å². The lowest BCUT2D eigenvalue weighted by molar-refractivity contribution is 0.202. The van der Waals surface area contributed by atoms with Crippen LogP contribution >= 0.6 is 0 Å². The Morgan fingerprint density at radius 1 is 1.21 bits per heavy atom. The van der Waals surface area contributed by atoms with E-state index < -0.39 is 6.10 Å². The van der Waals surface area contributed by atoms with E-state index in [1.807, 2.05) is 24.3 Å². The first kappa shape index (κ1) is 20.9. The number of nitrogens with two attached hydrogens (primary N) is 1. The fraction of sp³-hybridized carbons (Fsp3) is 0.476. The Balaban J connectivity index is 2.18. The van der Waals surface area contributed by atoms with Crippen molar-refractivity contribution in [2.24, 2.45) is 4.99 Å². The Morgan fingerprint density at radius 3 is 2.55 bits per heavy atom. The Kier molecular flexibility index (Phi) is 6.22. The largest absolute Gasteiger partial charge is 0.398 e. The van der Waals surface area contributed by atoms with Gasteiger partial charge in [0.2, 0.25) is 5.62 Å². The van der Waals surface area contributed by atoms with Crippen LogP contribution in [0, 0.1) is 0 Å². The highest BCUT2D eigenvalue weighted by Crippen LogP contribution is 2.27. The van der Waals surface area contributed by atoms with E-state index in [1.54, 1.807) is 6.92 Å². The van der Waals surface area contributed by atoms with Gasteiger partial charge in [0.1, 0.15) is 0 Å². The number of H-pyrrole nitrogens is 1. The molecule has 0 saturated heterocycles. The number of nitrogen functional groups attached to an aromatic ring is 1. The molecule has 156 valence electrons. The molecule has 0 fully saturated rings. The van der Waals surface area contributed by atoms with Gasteiger partial charge in [0.25, 0.3) is 0 Å². The normalized spacial score (nSPS) is 13.6. The van der Waals surface area contributed by atoms with Gasteiger partial charge in [0, 0.05) is 18.3 Å². The van der Waals surface area contributed by atoms with E-state index in [4.69, 9.17) is 10.7 Å². The number of aromatic amines is 1. The lowest BCUT2D eigenvalue weighted by atomic mass is 10.1. The molecule has 29 heavy (non-hydrogen) atoms. The summed E-state index contributed by atoms with van der Waals surface area (Å²) in [6.45, 7) is 11.0. The number of anilines is 2. The number of benzene rings is 1. The van der Waals surface area contributed by atoms with Crippen molar-refractivity contribution < 1.29 is 5.11 Å². The van der Waals surface area contributed by atoms with Crippen LogP contribution in [0.1, 0.15) is 57.8 Å². The number of nitrogens with one attached hydrogen (secondary N) is 2. The number of rotatable bonds is 7. The Hall–Kier alpha value is -2.87. The number of hydrogen-bond donors (Lipinski definition) is 4. The highest BCUT2D eigenvalue weighted by Gasteiger charge is 2.20. The second kappa shape index (κ2) is 8.65. The molecule has 0 bridgehead atoms. The molecule has 8 nitrogen and oxygen atoms in total. The highest BCUT2D eigenvalue weighted by molar-refractivity contribution is 5.87. The van der Waals surface area contributed by atoms with Crippen LogP contribution < -0.4 is 16.7 Å². The quantitative estimate of drug-likeness (QED) is 0.457. The third-order valence-electron chi connectivity index (χ3n) is 4.75. The molecule has 3 rings (SSSR count). The van der Waals surface area contributed by atoms with Crippen LogP contribution in [-0.4, -0.2) is 37.5 Å². The van der Waals surface area contributed by atoms with Gasteiger partial charge in [-0.15, -0.1) is 0 Å². The van der Waals surface area contributed by atoms with Crippen LogP contribution in [0.3, 0.4) is 0 Å². The summed E-state index contributed by atoms with van der Waals surface area (Å²) >= 11 is 0. The molecule has 0 aliphatic rings. The first-order valence-corrected chi connectivity index (χ1v) is 10.1. The molecule has 8 heteroatoms. The molecule has 5 N–H and O–H groups in total. The number of hydrogen-bond acceptors (Lipinski definition) is 6. The maximum Gasteiger partial charge on any atom is 0.227 e. The fourth-order valence-corrected chi connectivity index (χ4v) is 3.28. The Morgan fingerprint density at radius 2 is 1.93 bits per heavy atom. The molecular weight excluding hydrogens is 366 g/mol. The molecule has 0 radical (unpaired) electrons. The summed E-state index contributed by atoms with van der Waals surface area (Å²) in [5.74, 6) is 0.905. The van der Waals surface area contributed by atoms with E-state index >= 15 is 0 Å². The summed E-state index contributed by atoms with van der Waals surface area (Å²) in [4.78, 5) is 9.35. The standard InChI is InChI=1S/C21H31N7O/c1-12(2)17-19-18(27-26-17)20(23-11-15-8-6-7-9-16(15)22)25-21(24-10-14(5)29)28(19)13(3)4/h6-9,12-14,29H,10-11,22H2,1-5H3,(H,26,27)(H,23,24,25). The molecule has 1 unspecified atom stereocenters. The summed E-state index contributed by atoms with van der Waals surface area (Å²) in [6.07, 6.45) is -0.539. The number of aromatic nitrogens is 4. The number of para-hydroxylation sites is 1. The lowest BCUT2D eigenvalue weighted by Gasteiger charge is -2.17. The van der Waals surface area contributed by atoms with Crippen LogP contribution in [0.2, 0.25) is 0 Å². The van der Waals surface area contributed by atoms with Crippen molar-refractivity contribution in [2.45, 2.75) is 59.2 Å². The lowest BCUT2D eigenvalue weighted by Crippen LogP contribution is -2.29. The number of aliphatic hydroxyl groups is 1. The van der Waals surface area contributed by atoms with E-state index in [0.29, 0.717) is 18.0 Å². The van der Waals surface area contributed by atoms with E-state index in [1.165, 1.54) is 0 Å². The molecule has 3 aromatic rings. The van der Waals surface area contributed by atoms with E-state index in [-0.39, 0.29) is 18.5 Å². The van der Waals surface area contributed by atoms with Crippen molar-refractivity contribution in [3.05, 3.63) is 41.1 Å². The van der Waals surface area contributed by atoms with Gasteiger partial charge in [0.15, 0.2) is 11.3 Å².